The van der Waals surface area contributed by atoms with E-state index in [1.165, 1.54) is 0 Å². The van der Waals surface area contributed by atoms with Gasteiger partial charge in [0.25, 0.3) is 0 Å². The normalized spacial score (nSPS) is 18.0. The number of hydrogen-bond acceptors (Lipinski definition) is 4. The highest BCUT2D eigenvalue weighted by Crippen LogP contribution is 2.24. The third kappa shape index (κ3) is 2.07. The molecule has 5 heteroatoms. The van der Waals surface area contributed by atoms with Crippen LogP contribution in [0.2, 0.25) is 0 Å². The Balaban J connectivity index is 2.12. The van der Waals surface area contributed by atoms with Gasteiger partial charge in [0.1, 0.15) is 0 Å². The second kappa shape index (κ2) is 4.10. The first-order chi connectivity index (χ1) is 7.18. The Bertz CT molecular complexity index is 330. The Morgan fingerprint density at radius 1 is 1.53 bits per heavy atom. The van der Waals surface area contributed by atoms with Gasteiger partial charge >= 0.3 is 0 Å². The summed E-state index contributed by atoms with van der Waals surface area (Å²) in [4.78, 5) is 2.16. The Labute approximate surface area is 89.8 Å². The molecule has 0 radical (unpaired) electrons. The number of aryl methyl sites for hydroxylation is 1. The molecule has 0 saturated carbocycles. The molecule has 0 spiro atoms. The molecule has 0 bridgehead atoms. The van der Waals surface area contributed by atoms with Gasteiger partial charge in [0.15, 0.2) is 5.82 Å². The van der Waals surface area contributed by atoms with Crippen molar-refractivity contribution < 1.29 is 4.74 Å². The lowest BCUT2D eigenvalue weighted by atomic mass is 10.1. The molecule has 0 amide bonds. The molecule has 1 fully saturated rings. The van der Waals surface area contributed by atoms with Crippen LogP contribution in [-0.2, 0) is 11.8 Å². The molecular weight excluding hydrogens is 192 g/mol. The molecule has 1 aromatic rings. The Morgan fingerprint density at radius 2 is 2.20 bits per heavy atom. The van der Waals surface area contributed by atoms with E-state index in [1.54, 1.807) is 4.68 Å². The highest BCUT2D eigenvalue weighted by atomic mass is 16.5. The molecule has 0 aromatic carbocycles. The van der Waals surface area contributed by atoms with Gasteiger partial charge in [0.05, 0.1) is 5.69 Å². The van der Waals surface area contributed by atoms with Crippen LogP contribution in [0.5, 0.6) is 0 Å². The van der Waals surface area contributed by atoms with E-state index in [2.05, 4.69) is 17.0 Å². The molecule has 2 heterocycles. The van der Waals surface area contributed by atoms with E-state index in [0.29, 0.717) is 6.04 Å². The van der Waals surface area contributed by atoms with E-state index >= 15 is 0 Å². The average Bonchev–Trinajstić information content (AvgIpc) is 2.58. The smallest absolute Gasteiger partial charge is 0.173 e. The van der Waals surface area contributed by atoms with E-state index < -0.39 is 0 Å². The number of nitrogen functional groups attached to an aromatic ring is 1. The number of nitrogens with zero attached hydrogens (tertiary/aromatic N) is 3. The van der Waals surface area contributed by atoms with Gasteiger partial charge in [-0.2, -0.15) is 5.10 Å². The molecule has 1 aromatic heterocycles. The molecule has 0 atom stereocenters. The highest BCUT2D eigenvalue weighted by molar-refractivity contribution is 5.61. The lowest BCUT2D eigenvalue weighted by molar-refractivity contribution is 0.0853. The summed E-state index contributed by atoms with van der Waals surface area (Å²) >= 11 is 0. The molecule has 0 aliphatic carbocycles. The van der Waals surface area contributed by atoms with Crippen LogP contribution in [0.4, 0.5) is 11.5 Å². The van der Waals surface area contributed by atoms with E-state index in [4.69, 9.17) is 10.5 Å². The summed E-state index contributed by atoms with van der Waals surface area (Å²) in [5, 5.41) is 4.36. The second-order valence-electron chi connectivity index (χ2n) is 4.04. The molecule has 0 unspecified atom stereocenters. The van der Waals surface area contributed by atoms with Gasteiger partial charge in [-0.1, -0.05) is 0 Å². The molecule has 2 N–H and O–H groups in total. The van der Waals surface area contributed by atoms with Crippen molar-refractivity contribution in [1.82, 2.24) is 9.78 Å². The zero-order valence-corrected chi connectivity index (χ0v) is 9.31. The predicted octanol–water partition coefficient (Wildman–Crippen LogP) is 0.617. The average molecular weight is 210 g/mol. The fourth-order valence-electron chi connectivity index (χ4n) is 2.01. The van der Waals surface area contributed by atoms with Gasteiger partial charge in [-0.15, -0.1) is 0 Å². The first-order valence-electron chi connectivity index (χ1n) is 5.28. The van der Waals surface area contributed by atoms with Gasteiger partial charge < -0.3 is 15.4 Å². The highest BCUT2D eigenvalue weighted by Gasteiger charge is 2.21. The summed E-state index contributed by atoms with van der Waals surface area (Å²) in [5.74, 6) is 0.879. The van der Waals surface area contributed by atoms with Crippen molar-refractivity contribution in [2.75, 3.05) is 30.9 Å². The van der Waals surface area contributed by atoms with Gasteiger partial charge in [0, 0.05) is 39.5 Å². The molecule has 15 heavy (non-hydrogen) atoms. The van der Waals surface area contributed by atoms with E-state index in [-0.39, 0.29) is 0 Å². The molecule has 1 aliphatic heterocycles. The summed E-state index contributed by atoms with van der Waals surface area (Å²) in [6.45, 7) is 1.67. The Kier molecular flexibility index (Phi) is 2.81. The first-order valence-corrected chi connectivity index (χ1v) is 5.28. The van der Waals surface area contributed by atoms with Crippen LogP contribution in [0.25, 0.3) is 0 Å². The monoisotopic (exact) mass is 210 g/mol. The number of rotatable bonds is 2. The fraction of sp³-hybridized carbons (Fsp3) is 0.700. The summed E-state index contributed by atoms with van der Waals surface area (Å²) in [5.41, 5.74) is 6.63. The largest absolute Gasteiger partial charge is 0.394 e. The van der Waals surface area contributed by atoms with Crippen molar-refractivity contribution in [3.8, 4) is 0 Å². The molecular formula is C10H18N4O. The number of nitrogens with two attached hydrogens (primary N) is 1. The minimum Gasteiger partial charge on any atom is -0.394 e. The SMILES string of the molecule is CN(c1nn(C)cc1N)C1CCOCC1. The molecule has 1 aliphatic rings. The maximum atomic E-state index is 5.89. The molecule has 5 nitrogen and oxygen atoms in total. The number of hydrogen-bond donors (Lipinski definition) is 1. The quantitative estimate of drug-likeness (QED) is 0.777. The summed E-state index contributed by atoms with van der Waals surface area (Å²) < 4.78 is 7.09. The van der Waals surface area contributed by atoms with Crippen LogP contribution in [0.1, 0.15) is 12.8 Å². The predicted molar refractivity (Wildman–Crippen MR) is 59.9 cm³/mol. The Morgan fingerprint density at radius 3 is 2.73 bits per heavy atom. The van der Waals surface area contributed by atoms with E-state index in [9.17, 15) is 0 Å². The van der Waals surface area contributed by atoms with Crippen LogP contribution in [0, 0.1) is 0 Å². The third-order valence-electron chi connectivity index (χ3n) is 2.91. The summed E-state index contributed by atoms with van der Waals surface area (Å²) in [6, 6.07) is 0.496. The zero-order valence-electron chi connectivity index (χ0n) is 9.31. The van der Waals surface area contributed by atoms with Crippen molar-refractivity contribution in [3.63, 3.8) is 0 Å². The maximum Gasteiger partial charge on any atom is 0.173 e. The van der Waals surface area contributed by atoms with Crippen molar-refractivity contribution in [3.05, 3.63) is 6.20 Å². The number of aromatic nitrogens is 2. The minimum atomic E-state index is 0.496. The van der Waals surface area contributed by atoms with Crippen molar-refractivity contribution in [2.24, 2.45) is 7.05 Å². The van der Waals surface area contributed by atoms with Crippen molar-refractivity contribution >= 4 is 11.5 Å². The van der Waals surface area contributed by atoms with Crippen molar-refractivity contribution in [1.29, 1.82) is 0 Å². The van der Waals surface area contributed by atoms with Crippen LogP contribution in [0.3, 0.4) is 0 Å². The molecule has 1 saturated heterocycles. The lowest BCUT2D eigenvalue weighted by Crippen LogP contribution is -2.37. The van der Waals surface area contributed by atoms with Crippen molar-refractivity contribution in [2.45, 2.75) is 18.9 Å². The summed E-state index contributed by atoms with van der Waals surface area (Å²) in [6.07, 6.45) is 3.93. The third-order valence-corrected chi connectivity index (χ3v) is 2.91. The number of ether oxygens (including phenoxy) is 1. The minimum absolute atomic E-state index is 0.496. The van der Waals surface area contributed by atoms with E-state index in [0.717, 1.165) is 37.6 Å². The van der Waals surface area contributed by atoms with Crippen LogP contribution >= 0.6 is 0 Å². The second-order valence-corrected chi connectivity index (χ2v) is 4.04. The maximum absolute atomic E-state index is 5.89. The van der Waals surface area contributed by atoms with Crippen LogP contribution in [-0.4, -0.2) is 36.1 Å². The van der Waals surface area contributed by atoms with Crippen LogP contribution < -0.4 is 10.6 Å². The van der Waals surface area contributed by atoms with Gasteiger partial charge in [-0.05, 0) is 12.8 Å². The van der Waals surface area contributed by atoms with Gasteiger partial charge in [-0.3, -0.25) is 4.68 Å². The van der Waals surface area contributed by atoms with Gasteiger partial charge in [-0.25, -0.2) is 0 Å². The first kappa shape index (κ1) is 10.3. The molecule has 2 rings (SSSR count). The standard InChI is InChI=1S/C10H18N4O/c1-13-7-9(11)10(12-13)14(2)8-3-5-15-6-4-8/h7-8H,3-6,11H2,1-2H3. The summed E-state index contributed by atoms with van der Waals surface area (Å²) in [7, 11) is 3.94. The number of anilines is 2. The lowest BCUT2D eigenvalue weighted by Gasteiger charge is -2.31. The van der Waals surface area contributed by atoms with Crippen LogP contribution in [0.15, 0.2) is 6.20 Å². The molecule has 84 valence electrons. The fourth-order valence-corrected chi connectivity index (χ4v) is 2.01. The van der Waals surface area contributed by atoms with E-state index in [1.807, 2.05) is 13.2 Å². The Hall–Kier alpha value is -1.23. The van der Waals surface area contributed by atoms with Gasteiger partial charge in [0.2, 0.25) is 0 Å². The zero-order chi connectivity index (χ0) is 10.8. The topological polar surface area (TPSA) is 56.3 Å².